The van der Waals surface area contributed by atoms with Crippen molar-refractivity contribution in [2.75, 3.05) is 25.1 Å². The van der Waals surface area contributed by atoms with Gasteiger partial charge < -0.3 is 20.9 Å². The molecule has 1 aliphatic heterocycles. The topological polar surface area (TPSA) is 102 Å². The Morgan fingerprint density at radius 2 is 2.05 bits per heavy atom. The van der Waals surface area contributed by atoms with Crippen LogP contribution in [-0.2, 0) is 9.53 Å². The number of ether oxygens (including phenoxy) is 1. The number of anilines is 1. The number of carbonyl (C=O) groups is 2. The molecule has 0 atom stereocenters. The van der Waals surface area contributed by atoms with Crippen LogP contribution in [0.15, 0.2) is 18.2 Å². The summed E-state index contributed by atoms with van der Waals surface area (Å²) in [7, 11) is 0. The van der Waals surface area contributed by atoms with Crippen molar-refractivity contribution in [2.24, 2.45) is 11.1 Å². The zero-order valence-corrected chi connectivity index (χ0v) is 12.0. The van der Waals surface area contributed by atoms with Gasteiger partial charge in [0.05, 0.1) is 16.7 Å². The van der Waals surface area contributed by atoms with Crippen LogP contribution in [0, 0.1) is 12.3 Å². The summed E-state index contributed by atoms with van der Waals surface area (Å²) >= 11 is 0. The van der Waals surface area contributed by atoms with Gasteiger partial charge in [-0.15, -0.1) is 0 Å². The molecule has 1 heterocycles. The van der Waals surface area contributed by atoms with Crippen LogP contribution < -0.4 is 11.1 Å². The molecule has 1 aliphatic rings. The Kier molecular flexibility index (Phi) is 4.59. The van der Waals surface area contributed by atoms with Gasteiger partial charge in [0.25, 0.3) is 0 Å². The molecule has 4 N–H and O–H groups in total. The van der Waals surface area contributed by atoms with E-state index in [1.807, 2.05) is 0 Å². The number of aromatic carboxylic acids is 1. The lowest BCUT2D eigenvalue weighted by molar-refractivity contribution is -0.130. The van der Waals surface area contributed by atoms with E-state index < -0.39 is 11.4 Å². The van der Waals surface area contributed by atoms with Crippen LogP contribution >= 0.6 is 0 Å². The van der Waals surface area contributed by atoms with Crippen molar-refractivity contribution in [3.05, 3.63) is 29.3 Å². The summed E-state index contributed by atoms with van der Waals surface area (Å²) in [4.78, 5) is 23.8. The Morgan fingerprint density at radius 3 is 2.62 bits per heavy atom. The zero-order valence-electron chi connectivity index (χ0n) is 12.0. The number of hydrogen-bond acceptors (Lipinski definition) is 4. The second-order valence-corrected chi connectivity index (χ2v) is 5.41. The predicted octanol–water partition coefficient (Wildman–Crippen LogP) is 1.39. The number of carboxylic acid groups (broad SMARTS) is 1. The molecule has 1 aromatic rings. The summed E-state index contributed by atoms with van der Waals surface area (Å²) in [6.45, 7) is 3.00. The number of carboxylic acids is 1. The number of carbonyl (C=O) groups excluding carboxylic acids is 1. The van der Waals surface area contributed by atoms with Gasteiger partial charge in [-0.1, -0.05) is 11.6 Å². The average Bonchev–Trinajstić information content (AvgIpc) is 2.49. The summed E-state index contributed by atoms with van der Waals surface area (Å²) in [5.74, 6) is -1.30. The van der Waals surface area contributed by atoms with Crippen molar-refractivity contribution in [1.82, 2.24) is 0 Å². The fraction of sp³-hybridized carbons (Fsp3) is 0.467. The molecule has 0 spiro atoms. The monoisotopic (exact) mass is 292 g/mol. The van der Waals surface area contributed by atoms with Gasteiger partial charge >= 0.3 is 5.97 Å². The molecule has 114 valence electrons. The van der Waals surface area contributed by atoms with Gasteiger partial charge in [0.15, 0.2) is 0 Å². The molecule has 1 saturated heterocycles. The van der Waals surface area contributed by atoms with Crippen LogP contribution in [0.5, 0.6) is 0 Å². The smallest absolute Gasteiger partial charge is 0.337 e. The van der Waals surface area contributed by atoms with Gasteiger partial charge in [0.1, 0.15) is 0 Å². The number of rotatable bonds is 4. The molecule has 1 aromatic carbocycles. The molecule has 0 radical (unpaired) electrons. The maximum absolute atomic E-state index is 12.5. The standard InChI is InChI=1S/C15H20N2O4/c1-10-2-3-12(11(8-10)13(18)19)17-14(20)15(9-16)4-6-21-7-5-15/h2-3,8H,4-7,9,16H2,1H3,(H,17,20)(H,18,19). The molecule has 0 bridgehead atoms. The Bertz CT molecular complexity index is 551. The maximum Gasteiger partial charge on any atom is 0.337 e. The summed E-state index contributed by atoms with van der Waals surface area (Å²) in [6, 6.07) is 4.92. The number of aryl methyl sites for hydroxylation is 1. The van der Waals surface area contributed by atoms with E-state index in [4.69, 9.17) is 10.5 Å². The Labute approximate surface area is 123 Å². The van der Waals surface area contributed by atoms with Crippen LogP contribution in [0.25, 0.3) is 0 Å². The van der Waals surface area contributed by atoms with Gasteiger partial charge in [0, 0.05) is 19.8 Å². The van der Waals surface area contributed by atoms with Gasteiger partial charge in [-0.3, -0.25) is 4.79 Å². The fourth-order valence-electron chi connectivity index (χ4n) is 2.48. The van der Waals surface area contributed by atoms with Crippen molar-refractivity contribution in [2.45, 2.75) is 19.8 Å². The van der Waals surface area contributed by atoms with Crippen molar-refractivity contribution in [1.29, 1.82) is 0 Å². The molecule has 1 fully saturated rings. The van der Waals surface area contributed by atoms with E-state index in [-0.39, 0.29) is 18.0 Å². The Morgan fingerprint density at radius 1 is 1.38 bits per heavy atom. The average molecular weight is 292 g/mol. The molecule has 21 heavy (non-hydrogen) atoms. The Hall–Kier alpha value is -1.92. The summed E-state index contributed by atoms with van der Waals surface area (Å²) in [6.07, 6.45) is 1.09. The van der Waals surface area contributed by atoms with Crippen molar-refractivity contribution in [3.8, 4) is 0 Å². The molecular weight excluding hydrogens is 272 g/mol. The first-order valence-corrected chi connectivity index (χ1v) is 6.92. The van der Waals surface area contributed by atoms with E-state index in [0.717, 1.165) is 5.56 Å². The third-order valence-electron chi connectivity index (χ3n) is 3.98. The molecule has 2 rings (SSSR count). The molecule has 1 amide bonds. The number of benzene rings is 1. The van der Waals surface area contributed by atoms with Gasteiger partial charge in [-0.05, 0) is 31.9 Å². The van der Waals surface area contributed by atoms with Crippen LogP contribution in [0.2, 0.25) is 0 Å². The third kappa shape index (κ3) is 3.22. The quantitative estimate of drug-likeness (QED) is 0.778. The largest absolute Gasteiger partial charge is 0.478 e. The highest BCUT2D eigenvalue weighted by Crippen LogP contribution is 2.31. The molecule has 0 saturated carbocycles. The van der Waals surface area contributed by atoms with E-state index in [0.29, 0.717) is 31.7 Å². The van der Waals surface area contributed by atoms with Gasteiger partial charge in [-0.25, -0.2) is 4.79 Å². The second kappa shape index (κ2) is 6.24. The van der Waals surface area contributed by atoms with E-state index in [1.54, 1.807) is 19.1 Å². The number of nitrogens with one attached hydrogen (secondary N) is 1. The highest BCUT2D eigenvalue weighted by atomic mass is 16.5. The zero-order chi connectivity index (χ0) is 15.5. The van der Waals surface area contributed by atoms with Crippen molar-refractivity contribution < 1.29 is 19.4 Å². The van der Waals surface area contributed by atoms with E-state index in [2.05, 4.69) is 5.32 Å². The van der Waals surface area contributed by atoms with E-state index in [1.165, 1.54) is 6.07 Å². The summed E-state index contributed by atoms with van der Waals surface area (Å²) < 4.78 is 5.27. The van der Waals surface area contributed by atoms with Crippen LogP contribution in [0.1, 0.15) is 28.8 Å². The first kappa shape index (κ1) is 15.5. The first-order valence-electron chi connectivity index (χ1n) is 6.92. The lowest BCUT2D eigenvalue weighted by Gasteiger charge is -2.34. The summed E-state index contributed by atoms with van der Waals surface area (Å²) in [5.41, 5.74) is 6.31. The maximum atomic E-state index is 12.5. The molecular formula is C15H20N2O4. The minimum absolute atomic E-state index is 0.0857. The van der Waals surface area contributed by atoms with Crippen LogP contribution in [-0.4, -0.2) is 36.7 Å². The number of amides is 1. The summed E-state index contributed by atoms with van der Waals surface area (Å²) in [5, 5.41) is 12.0. The van der Waals surface area contributed by atoms with E-state index >= 15 is 0 Å². The third-order valence-corrected chi connectivity index (χ3v) is 3.98. The first-order chi connectivity index (χ1) is 9.98. The molecule has 6 nitrogen and oxygen atoms in total. The number of nitrogens with two attached hydrogens (primary N) is 1. The van der Waals surface area contributed by atoms with E-state index in [9.17, 15) is 14.7 Å². The lowest BCUT2D eigenvalue weighted by Crippen LogP contribution is -2.46. The normalized spacial score (nSPS) is 17.2. The van der Waals surface area contributed by atoms with Gasteiger partial charge in [-0.2, -0.15) is 0 Å². The minimum atomic E-state index is -1.07. The SMILES string of the molecule is Cc1ccc(NC(=O)C2(CN)CCOCC2)c(C(=O)O)c1. The molecule has 0 aromatic heterocycles. The predicted molar refractivity (Wildman–Crippen MR) is 78.3 cm³/mol. The molecule has 6 heteroatoms. The lowest BCUT2D eigenvalue weighted by atomic mass is 9.79. The van der Waals surface area contributed by atoms with Crippen molar-refractivity contribution >= 4 is 17.6 Å². The van der Waals surface area contributed by atoms with Gasteiger partial charge in [0.2, 0.25) is 5.91 Å². The molecule has 0 aliphatic carbocycles. The highest BCUT2D eigenvalue weighted by Gasteiger charge is 2.39. The Balaban J connectivity index is 2.24. The minimum Gasteiger partial charge on any atom is -0.478 e. The second-order valence-electron chi connectivity index (χ2n) is 5.41. The van der Waals surface area contributed by atoms with Crippen LogP contribution in [0.4, 0.5) is 5.69 Å². The van der Waals surface area contributed by atoms with Crippen molar-refractivity contribution in [3.63, 3.8) is 0 Å². The highest BCUT2D eigenvalue weighted by molar-refractivity contribution is 6.02. The van der Waals surface area contributed by atoms with Crippen LogP contribution in [0.3, 0.4) is 0 Å². The number of hydrogen-bond donors (Lipinski definition) is 3. The molecule has 0 unspecified atom stereocenters. The fourth-order valence-corrected chi connectivity index (χ4v) is 2.48.